The molecular weight excluding hydrogens is 412 g/mol. The summed E-state index contributed by atoms with van der Waals surface area (Å²) in [7, 11) is 0. The lowest BCUT2D eigenvalue weighted by atomic mass is 10.0. The third-order valence-electron chi connectivity index (χ3n) is 6.15. The Labute approximate surface area is 186 Å². The molecule has 2 aromatic rings. The normalized spacial score (nSPS) is 19.9. The number of unbranched alkanes of at least 4 members (excludes halogenated alkanes) is 2. The van der Waals surface area contributed by atoms with Crippen LogP contribution in [0.2, 0.25) is 0 Å². The van der Waals surface area contributed by atoms with Crippen LogP contribution in [-0.2, 0) is 11.2 Å². The maximum atomic E-state index is 12.7. The number of aromatic nitrogens is 2. The largest absolute Gasteiger partial charge is 0.480 e. The highest BCUT2D eigenvalue weighted by Gasteiger charge is 2.40. The monoisotopic (exact) mass is 442 g/mol. The number of ether oxygens (including phenoxy) is 1. The first-order chi connectivity index (χ1) is 15.5. The van der Waals surface area contributed by atoms with Crippen LogP contribution in [0.3, 0.4) is 0 Å². The van der Waals surface area contributed by atoms with Crippen molar-refractivity contribution in [3.63, 3.8) is 0 Å². The molecular formula is C23H30N4O5. The molecule has 0 saturated carbocycles. The SMILES string of the molecule is C=C(OCC)N1C2CCC1CC(=NOc1nc3oc(=O)cc(CCCCC)c3c(=O)[nH]1)C2. The molecule has 32 heavy (non-hydrogen) atoms. The molecule has 0 aliphatic carbocycles. The molecule has 4 heterocycles. The number of rotatable bonds is 9. The predicted octanol–water partition coefficient (Wildman–Crippen LogP) is 3.48. The summed E-state index contributed by atoms with van der Waals surface area (Å²) in [4.78, 5) is 39.2. The summed E-state index contributed by atoms with van der Waals surface area (Å²) in [6.07, 6.45) is 7.13. The van der Waals surface area contributed by atoms with Crippen LogP contribution in [0.5, 0.6) is 6.01 Å². The molecule has 2 aliphatic heterocycles. The fourth-order valence-corrected chi connectivity index (χ4v) is 4.75. The van der Waals surface area contributed by atoms with Gasteiger partial charge >= 0.3 is 11.6 Å². The Morgan fingerprint density at radius 1 is 1.28 bits per heavy atom. The topological polar surface area (TPSA) is 110 Å². The molecule has 0 spiro atoms. The molecule has 2 unspecified atom stereocenters. The number of aromatic amines is 1. The van der Waals surface area contributed by atoms with Crippen LogP contribution in [0.1, 0.15) is 64.4 Å². The van der Waals surface area contributed by atoms with Gasteiger partial charge in [0.15, 0.2) is 5.88 Å². The molecule has 2 saturated heterocycles. The Bertz CT molecular complexity index is 1120. The summed E-state index contributed by atoms with van der Waals surface area (Å²) in [5, 5.41) is 4.55. The highest BCUT2D eigenvalue weighted by molar-refractivity contribution is 5.86. The summed E-state index contributed by atoms with van der Waals surface area (Å²) in [6.45, 7) is 8.69. The first kappa shape index (κ1) is 22.1. The van der Waals surface area contributed by atoms with E-state index in [1.807, 2.05) is 6.92 Å². The molecule has 172 valence electrons. The van der Waals surface area contributed by atoms with E-state index in [2.05, 4.69) is 33.5 Å². The van der Waals surface area contributed by atoms with Gasteiger partial charge in [0.2, 0.25) is 5.71 Å². The second-order valence-electron chi connectivity index (χ2n) is 8.38. The average Bonchev–Trinajstić information content (AvgIpc) is 3.02. The maximum absolute atomic E-state index is 12.7. The lowest BCUT2D eigenvalue weighted by Crippen LogP contribution is -2.42. The number of nitrogens with one attached hydrogen (secondary N) is 1. The zero-order valence-electron chi connectivity index (χ0n) is 18.7. The number of aryl methyl sites for hydroxylation is 1. The number of fused-ring (bicyclic) bond motifs is 3. The van der Waals surface area contributed by atoms with E-state index in [4.69, 9.17) is 14.0 Å². The second kappa shape index (κ2) is 9.58. The van der Waals surface area contributed by atoms with Crippen molar-refractivity contribution in [2.45, 2.75) is 77.3 Å². The van der Waals surface area contributed by atoms with Gasteiger partial charge in [0.25, 0.3) is 5.56 Å². The van der Waals surface area contributed by atoms with Crippen LogP contribution in [0.4, 0.5) is 0 Å². The molecule has 0 amide bonds. The van der Waals surface area contributed by atoms with Crippen molar-refractivity contribution in [1.82, 2.24) is 14.9 Å². The van der Waals surface area contributed by atoms with Crippen molar-refractivity contribution in [1.29, 1.82) is 0 Å². The zero-order valence-corrected chi connectivity index (χ0v) is 18.7. The first-order valence-electron chi connectivity index (χ1n) is 11.4. The number of piperidine rings is 1. The van der Waals surface area contributed by atoms with Crippen molar-refractivity contribution in [2.24, 2.45) is 5.16 Å². The molecule has 0 radical (unpaired) electrons. The van der Waals surface area contributed by atoms with Gasteiger partial charge in [-0.15, -0.1) is 0 Å². The van der Waals surface area contributed by atoms with Gasteiger partial charge < -0.3 is 18.9 Å². The molecule has 1 N–H and O–H groups in total. The Morgan fingerprint density at radius 3 is 2.72 bits per heavy atom. The van der Waals surface area contributed by atoms with Crippen molar-refractivity contribution in [2.75, 3.05) is 6.61 Å². The summed E-state index contributed by atoms with van der Waals surface area (Å²) in [5.41, 5.74) is 0.595. The number of H-pyrrole nitrogens is 1. The van der Waals surface area contributed by atoms with Crippen LogP contribution in [0.15, 0.2) is 37.7 Å². The van der Waals surface area contributed by atoms with E-state index >= 15 is 0 Å². The smallest absolute Gasteiger partial charge is 0.337 e. The Morgan fingerprint density at radius 2 is 2.03 bits per heavy atom. The fourth-order valence-electron chi connectivity index (χ4n) is 4.75. The van der Waals surface area contributed by atoms with Crippen molar-refractivity contribution in [3.05, 3.63) is 44.9 Å². The number of nitrogens with zero attached hydrogens (tertiary/aromatic N) is 3. The minimum Gasteiger partial charge on any atom is -0.480 e. The average molecular weight is 443 g/mol. The zero-order chi connectivity index (χ0) is 22.7. The van der Waals surface area contributed by atoms with E-state index < -0.39 is 11.2 Å². The van der Waals surface area contributed by atoms with Crippen molar-refractivity contribution >= 4 is 16.8 Å². The van der Waals surface area contributed by atoms with Crippen molar-refractivity contribution < 1.29 is 14.0 Å². The van der Waals surface area contributed by atoms with Crippen LogP contribution in [0, 0.1) is 0 Å². The van der Waals surface area contributed by atoms with Crippen LogP contribution in [0.25, 0.3) is 11.1 Å². The van der Waals surface area contributed by atoms with Crippen LogP contribution in [-0.4, -0.2) is 39.3 Å². The molecule has 2 aromatic heterocycles. The molecule has 4 rings (SSSR count). The van der Waals surface area contributed by atoms with E-state index in [0.717, 1.165) is 50.7 Å². The minimum atomic E-state index is -0.530. The number of hydrogen-bond acceptors (Lipinski definition) is 8. The molecule has 9 nitrogen and oxygen atoms in total. The van der Waals surface area contributed by atoms with Gasteiger partial charge in [0, 0.05) is 31.0 Å². The van der Waals surface area contributed by atoms with Gasteiger partial charge in [-0.3, -0.25) is 9.78 Å². The summed E-state index contributed by atoms with van der Waals surface area (Å²) >= 11 is 0. The highest BCUT2D eigenvalue weighted by atomic mass is 16.6. The lowest BCUT2D eigenvalue weighted by molar-refractivity contribution is 0.0854. The van der Waals surface area contributed by atoms with Gasteiger partial charge in [-0.05, 0) is 44.7 Å². The quantitative estimate of drug-likeness (QED) is 0.360. The van der Waals surface area contributed by atoms with E-state index in [9.17, 15) is 9.59 Å². The van der Waals surface area contributed by atoms with E-state index in [0.29, 0.717) is 29.9 Å². The first-order valence-corrected chi connectivity index (χ1v) is 11.4. The van der Waals surface area contributed by atoms with Crippen molar-refractivity contribution in [3.8, 4) is 6.01 Å². The molecule has 2 bridgehead atoms. The van der Waals surface area contributed by atoms with E-state index in [-0.39, 0.29) is 23.8 Å². The maximum Gasteiger partial charge on any atom is 0.337 e. The minimum absolute atomic E-state index is 0.0224. The molecule has 2 fully saturated rings. The molecule has 2 atom stereocenters. The second-order valence-corrected chi connectivity index (χ2v) is 8.38. The molecule has 0 aromatic carbocycles. The summed E-state index contributed by atoms with van der Waals surface area (Å²) < 4.78 is 10.8. The Balaban J connectivity index is 1.52. The third kappa shape index (κ3) is 4.56. The van der Waals surface area contributed by atoms with Gasteiger partial charge in [-0.1, -0.05) is 24.9 Å². The fraction of sp³-hybridized carbons (Fsp3) is 0.565. The predicted molar refractivity (Wildman–Crippen MR) is 121 cm³/mol. The molecule has 9 heteroatoms. The van der Waals surface area contributed by atoms with Gasteiger partial charge in [-0.2, -0.15) is 4.98 Å². The van der Waals surface area contributed by atoms with Crippen LogP contribution < -0.4 is 16.0 Å². The van der Waals surface area contributed by atoms with Gasteiger partial charge in [0.1, 0.15) is 5.39 Å². The number of oxime groups is 1. The summed E-state index contributed by atoms with van der Waals surface area (Å²) in [6, 6.07) is 1.84. The lowest BCUT2D eigenvalue weighted by Gasteiger charge is -2.37. The number of hydrogen-bond donors (Lipinski definition) is 1. The third-order valence-corrected chi connectivity index (χ3v) is 6.15. The van der Waals surface area contributed by atoms with E-state index in [1.54, 1.807) is 0 Å². The molecule has 2 aliphatic rings. The van der Waals surface area contributed by atoms with Gasteiger partial charge in [0.05, 0.1) is 12.3 Å². The Hall–Kier alpha value is -3.10. The Kier molecular flexibility index (Phi) is 6.62. The van der Waals surface area contributed by atoms with E-state index in [1.165, 1.54) is 6.07 Å². The van der Waals surface area contributed by atoms with Crippen LogP contribution >= 0.6 is 0 Å². The highest BCUT2D eigenvalue weighted by Crippen LogP contribution is 2.37. The summed E-state index contributed by atoms with van der Waals surface area (Å²) in [5.74, 6) is 0.713. The standard InChI is InChI=1S/C23H30N4O5/c1-4-6-7-8-15-11-19(28)31-22-20(15)21(29)24-23(25-22)32-26-16-12-17-9-10-18(13-16)27(17)14(3)30-5-2/h11,17-18H,3-10,12-13H2,1-2H3,(H,24,25,29). The van der Waals surface area contributed by atoms with Gasteiger partial charge in [-0.25, -0.2) is 4.79 Å².